The van der Waals surface area contributed by atoms with E-state index in [9.17, 15) is 14.9 Å². The number of amides is 1. The normalized spacial score (nSPS) is 10.5. The van der Waals surface area contributed by atoms with Crippen LogP contribution in [0, 0.1) is 11.3 Å². The summed E-state index contributed by atoms with van der Waals surface area (Å²) in [6.45, 7) is 0. The molecule has 2 aromatic rings. The molecule has 0 aliphatic heterocycles. The lowest BCUT2D eigenvalue weighted by Gasteiger charge is -2.06. The van der Waals surface area contributed by atoms with Gasteiger partial charge < -0.3 is 14.8 Å². The van der Waals surface area contributed by atoms with Crippen LogP contribution < -0.4 is 10.1 Å². The van der Waals surface area contributed by atoms with E-state index in [0.717, 1.165) is 0 Å². The fourth-order valence-corrected chi connectivity index (χ4v) is 2.05. The molecule has 1 amide bonds. The number of nitrogens with zero attached hydrogens (tertiary/aromatic N) is 1. The van der Waals surface area contributed by atoms with Crippen LogP contribution in [0.25, 0.3) is 6.08 Å². The van der Waals surface area contributed by atoms with Crippen molar-refractivity contribution in [2.45, 2.75) is 0 Å². The number of hydrogen-bond donors (Lipinski definition) is 1. The van der Waals surface area contributed by atoms with Crippen molar-refractivity contribution in [1.29, 1.82) is 5.26 Å². The second-order valence-electron chi connectivity index (χ2n) is 4.97. The molecule has 126 valence electrons. The summed E-state index contributed by atoms with van der Waals surface area (Å²) in [7, 11) is 2.83. The molecule has 0 saturated carbocycles. The van der Waals surface area contributed by atoms with E-state index >= 15 is 0 Å². The molecule has 0 radical (unpaired) electrons. The molecule has 6 heteroatoms. The molecule has 6 nitrogen and oxygen atoms in total. The minimum atomic E-state index is -0.534. The van der Waals surface area contributed by atoms with E-state index in [0.29, 0.717) is 22.6 Å². The Bertz CT molecular complexity index is 848. The van der Waals surface area contributed by atoms with Crippen LogP contribution in [0.4, 0.5) is 5.69 Å². The number of rotatable bonds is 5. The number of esters is 1. The maximum absolute atomic E-state index is 12.3. The maximum atomic E-state index is 12.3. The molecule has 0 aromatic heterocycles. The standard InChI is InChI=1S/C19H16N2O4/c1-24-17-5-3-4-16(11-17)21-18(22)15(12-20)10-13-6-8-14(9-7-13)19(23)25-2/h3-11H,1-2H3,(H,21,22). The highest BCUT2D eigenvalue weighted by Crippen LogP contribution is 2.18. The van der Waals surface area contributed by atoms with E-state index in [1.54, 1.807) is 48.5 Å². The van der Waals surface area contributed by atoms with Gasteiger partial charge >= 0.3 is 5.97 Å². The number of hydrogen-bond acceptors (Lipinski definition) is 5. The number of benzene rings is 2. The van der Waals surface area contributed by atoms with Crippen LogP contribution in [0.15, 0.2) is 54.1 Å². The number of ether oxygens (including phenoxy) is 2. The highest BCUT2D eigenvalue weighted by molar-refractivity contribution is 6.09. The Morgan fingerprint density at radius 1 is 1.12 bits per heavy atom. The fraction of sp³-hybridized carbons (Fsp3) is 0.105. The third-order valence-electron chi connectivity index (χ3n) is 3.34. The van der Waals surface area contributed by atoms with E-state index in [1.165, 1.54) is 20.3 Å². The first kappa shape index (κ1) is 17.8. The largest absolute Gasteiger partial charge is 0.497 e. The molecule has 25 heavy (non-hydrogen) atoms. The second kappa shape index (κ2) is 8.31. The second-order valence-corrected chi connectivity index (χ2v) is 4.97. The molecule has 0 aliphatic rings. The smallest absolute Gasteiger partial charge is 0.337 e. The summed E-state index contributed by atoms with van der Waals surface area (Å²) in [5.41, 5.74) is 1.46. The SMILES string of the molecule is COC(=O)c1ccc(C=C(C#N)C(=O)Nc2cccc(OC)c2)cc1. The maximum Gasteiger partial charge on any atom is 0.337 e. The number of methoxy groups -OCH3 is 2. The summed E-state index contributed by atoms with van der Waals surface area (Å²) in [5, 5.41) is 11.9. The molecule has 0 spiro atoms. The average molecular weight is 336 g/mol. The van der Waals surface area contributed by atoms with Gasteiger partial charge in [0.1, 0.15) is 17.4 Å². The predicted molar refractivity (Wildman–Crippen MR) is 93.0 cm³/mol. The lowest BCUT2D eigenvalue weighted by atomic mass is 10.1. The Hall–Kier alpha value is -3.59. The van der Waals surface area contributed by atoms with Crippen LogP contribution in [0.1, 0.15) is 15.9 Å². The molecular weight excluding hydrogens is 320 g/mol. The van der Waals surface area contributed by atoms with E-state index in [1.807, 2.05) is 6.07 Å². The quantitative estimate of drug-likeness (QED) is 0.515. The molecule has 0 unspecified atom stereocenters. The van der Waals surface area contributed by atoms with Crippen LogP contribution in [0.2, 0.25) is 0 Å². The average Bonchev–Trinajstić information content (AvgIpc) is 2.65. The molecule has 1 N–H and O–H groups in total. The zero-order valence-corrected chi connectivity index (χ0v) is 13.8. The number of nitrogens with one attached hydrogen (secondary N) is 1. The molecule has 0 heterocycles. The van der Waals surface area contributed by atoms with Crippen molar-refractivity contribution >= 4 is 23.6 Å². The van der Waals surface area contributed by atoms with E-state index in [-0.39, 0.29) is 5.57 Å². The van der Waals surface area contributed by atoms with Crippen molar-refractivity contribution in [3.05, 3.63) is 65.2 Å². The van der Waals surface area contributed by atoms with Crippen molar-refractivity contribution in [3.8, 4) is 11.8 Å². The van der Waals surface area contributed by atoms with Gasteiger partial charge in [-0.05, 0) is 35.9 Å². The number of anilines is 1. The van der Waals surface area contributed by atoms with Crippen LogP contribution in [0.3, 0.4) is 0 Å². The zero-order valence-electron chi connectivity index (χ0n) is 13.8. The Kier molecular flexibility index (Phi) is 5.91. The van der Waals surface area contributed by atoms with Crippen molar-refractivity contribution < 1.29 is 19.1 Å². The lowest BCUT2D eigenvalue weighted by Crippen LogP contribution is -2.13. The van der Waals surface area contributed by atoms with Gasteiger partial charge in [0.25, 0.3) is 5.91 Å². The van der Waals surface area contributed by atoms with Gasteiger partial charge in [0.2, 0.25) is 0 Å². The van der Waals surface area contributed by atoms with E-state index in [2.05, 4.69) is 10.1 Å². The first-order valence-corrected chi connectivity index (χ1v) is 7.33. The molecule has 0 aliphatic carbocycles. The summed E-state index contributed by atoms with van der Waals surface area (Å²) in [6, 6.07) is 15.1. The number of carbonyl (C=O) groups excluding carboxylic acids is 2. The van der Waals surface area contributed by atoms with Crippen molar-refractivity contribution in [3.63, 3.8) is 0 Å². The first-order valence-electron chi connectivity index (χ1n) is 7.33. The van der Waals surface area contributed by atoms with Crippen molar-refractivity contribution in [2.24, 2.45) is 0 Å². The molecule has 2 aromatic carbocycles. The third kappa shape index (κ3) is 4.69. The fourth-order valence-electron chi connectivity index (χ4n) is 2.05. The van der Waals surface area contributed by atoms with E-state index in [4.69, 9.17) is 4.74 Å². The van der Waals surface area contributed by atoms with Gasteiger partial charge in [0, 0.05) is 11.8 Å². The Labute approximate surface area is 145 Å². The van der Waals surface area contributed by atoms with Gasteiger partial charge in [-0.25, -0.2) is 4.79 Å². The summed E-state index contributed by atoms with van der Waals surface area (Å²) < 4.78 is 9.71. The van der Waals surface area contributed by atoms with Gasteiger partial charge in [0.15, 0.2) is 0 Å². The monoisotopic (exact) mass is 336 g/mol. The van der Waals surface area contributed by atoms with Gasteiger partial charge in [-0.15, -0.1) is 0 Å². The predicted octanol–water partition coefficient (Wildman–Crippen LogP) is 3.03. The van der Waals surface area contributed by atoms with Crippen molar-refractivity contribution in [1.82, 2.24) is 0 Å². The first-order chi connectivity index (χ1) is 12.1. The lowest BCUT2D eigenvalue weighted by molar-refractivity contribution is -0.112. The van der Waals surface area contributed by atoms with Gasteiger partial charge in [-0.3, -0.25) is 4.79 Å². The molecule has 0 saturated heterocycles. The van der Waals surface area contributed by atoms with Crippen LogP contribution >= 0.6 is 0 Å². The van der Waals surface area contributed by atoms with Crippen LogP contribution in [-0.2, 0) is 9.53 Å². The Morgan fingerprint density at radius 3 is 2.44 bits per heavy atom. The molecule has 0 atom stereocenters. The van der Waals surface area contributed by atoms with E-state index < -0.39 is 11.9 Å². The number of nitriles is 1. The number of carbonyl (C=O) groups is 2. The zero-order chi connectivity index (χ0) is 18.2. The highest BCUT2D eigenvalue weighted by atomic mass is 16.5. The minimum absolute atomic E-state index is 0.0614. The summed E-state index contributed by atoms with van der Waals surface area (Å²) in [5.74, 6) is -0.390. The summed E-state index contributed by atoms with van der Waals surface area (Å²) in [4.78, 5) is 23.7. The summed E-state index contributed by atoms with van der Waals surface area (Å²) >= 11 is 0. The highest BCUT2D eigenvalue weighted by Gasteiger charge is 2.10. The molecular formula is C19H16N2O4. The minimum Gasteiger partial charge on any atom is -0.497 e. The molecule has 0 fully saturated rings. The molecule has 2 rings (SSSR count). The topological polar surface area (TPSA) is 88.4 Å². The Morgan fingerprint density at radius 2 is 1.84 bits per heavy atom. The third-order valence-corrected chi connectivity index (χ3v) is 3.34. The van der Waals surface area contributed by atoms with Crippen molar-refractivity contribution in [2.75, 3.05) is 19.5 Å². The summed E-state index contributed by atoms with van der Waals surface area (Å²) in [6.07, 6.45) is 1.44. The van der Waals surface area contributed by atoms with Gasteiger partial charge in [0.05, 0.1) is 19.8 Å². The van der Waals surface area contributed by atoms with Crippen LogP contribution in [0.5, 0.6) is 5.75 Å². The molecule has 0 bridgehead atoms. The Balaban J connectivity index is 2.17. The van der Waals surface area contributed by atoms with Crippen LogP contribution in [-0.4, -0.2) is 26.1 Å². The van der Waals surface area contributed by atoms with Gasteiger partial charge in [-0.1, -0.05) is 18.2 Å². The van der Waals surface area contributed by atoms with Gasteiger partial charge in [-0.2, -0.15) is 5.26 Å².